The van der Waals surface area contributed by atoms with E-state index in [1.165, 1.54) is 0 Å². The molecular weight excluding hydrogens is 348 g/mol. The third-order valence-electron chi connectivity index (χ3n) is 4.58. The summed E-state index contributed by atoms with van der Waals surface area (Å²) < 4.78 is 0. The summed E-state index contributed by atoms with van der Waals surface area (Å²) >= 11 is 5.97. The van der Waals surface area contributed by atoms with E-state index in [4.69, 9.17) is 16.9 Å². The van der Waals surface area contributed by atoms with Gasteiger partial charge in [-0.05, 0) is 30.3 Å². The second kappa shape index (κ2) is 6.66. The van der Waals surface area contributed by atoms with Gasteiger partial charge < -0.3 is 4.90 Å². The van der Waals surface area contributed by atoms with Crippen LogP contribution in [0, 0.1) is 11.3 Å². The van der Waals surface area contributed by atoms with Crippen LogP contribution in [0.15, 0.2) is 48.5 Å². The fourth-order valence-electron chi connectivity index (χ4n) is 3.22. The number of nitrogens with one attached hydrogen (secondary N) is 1. The molecule has 2 heterocycles. The zero-order valence-corrected chi connectivity index (χ0v) is 14.6. The summed E-state index contributed by atoms with van der Waals surface area (Å²) in [6, 6.07) is 16.4. The molecule has 0 saturated heterocycles. The minimum Gasteiger partial charge on any atom is -0.334 e. The first-order chi connectivity index (χ1) is 12.7. The Balaban J connectivity index is 1.63. The molecule has 1 N–H and O–H groups in total. The normalized spacial score (nSPS) is 13.2. The number of nitriles is 1. The molecule has 1 aromatic heterocycles. The van der Waals surface area contributed by atoms with Crippen molar-refractivity contribution in [2.75, 3.05) is 6.54 Å². The van der Waals surface area contributed by atoms with Gasteiger partial charge in [-0.25, -0.2) is 0 Å². The number of carbonyl (C=O) groups excluding carboxylic acids is 1. The quantitative estimate of drug-likeness (QED) is 0.753. The van der Waals surface area contributed by atoms with Gasteiger partial charge in [0.25, 0.3) is 5.91 Å². The Labute approximate surface area is 155 Å². The van der Waals surface area contributed by atoms with Crippen molar-refractivity contribution in [1.82, 2.24) is 15.1 Å². The summed E-state index contributed by atoms with van der Waals surface area (Å²) in [5, 5.41) is 17.3. The topological polar surface area (TPSA) is 72.8 Å². The number of hydrogen-bond donors (Lipinski definition) is 1. The smallest absolute Gasteiger partial charge is 0.254 e. The van der Waals surface area contributed by atoms with E-state index in [9.17, 15) is 4.79 Å². The lowest BCUT2D eigenvalue weighted by Crippen LogP contribution is -2.36. The van der Waals surface area contributed by atoms with Crippen LogP contribution in [0.1, 0.15) is 27.2 Å². The molecule has 0 fully saturated rings. The molecule has 0 bridgehead atoms. The highest BCUT2D eigenvalue weighted by Gasteiger charge is 2.26. The second-order valence-corrected chi connectivity index (χ2v) is 6.64. The van der Waals surface area contributed by atoms with Crippen molar-refractivity contribution < 1.29 is 4.79 Å². The number of hydrogen-bond acceptors (Lipinski definition) is 3. The molecular formula is C20H15ClN4O. The molecule has 4 rings (SSSR count). The van der Waals surface area contributed by atoms with E-state index in [-0.39, 0.29) is 5.91 Å². The minimum absolute atomic E-state index is 0.0731. The van der Waals surface area contributed by atoms with Crippen molar-refractivity contribution >= 4 is 17.5 Å². The molecule has 1 aliphatic rings. The highest BCUT2D eigenvalue weighted by molar-refractivity contribution is 6.30. The Morgan fingerprint density at radius 1 is 1.23 bits per heavy atom. The van der Waals surface area contributed by atoms with Crippen LogP contribution >= 0.6 is 11.6 Å². The Morgan fingerprint density at radius 3 is 2.81 bits per heavy atom. The van der Waals surface area contributed by atoms with Crippen LogP contribution in [0.4, 0.5) is 0 Å². The van der Waals surface area contributed by atoms with Crippen LogP contribution in [0.25, 0.3) is 11.3 Å². The summed E-state index contributed by atoms with van der Waals surface area (Å²) in [6.45, 7) is 1.10. The molecule has 6 heteroatoms. The molecule has 0 saturated carbocycles. The molecule has 1 amide bonds. The zero-order valence-electron chi connectivity index (χ0n) is 13.9. The van der Waals surface area contributed by atoms with Gasteiger partial charge in [0.2, 0.25) is 0 Å². The predicted molar refractivity (Wildman–Crippen MR) is 98.6 cm³/mol. The minimum atomic E-state index is -0.0731. The summed E-state index contributed by atoms with van der Waals surface area (Å²) in [7, 11) is 0. The maximum absolute atomic E-state index is 12.9. The van der Waals surface area contributed by atoms with Gasteiger partial charge in [0.1, 0.15) is 0 Å². The zero-order chi connectivity index (χ0) is 18.1. The van der Waals surface area contributed by atoms with Gasteiger partial charge in [0.15, 0.2) is 0 Å². The number of carbonyl (C=O) groups is 1. The van der Waals surface area contributed by atoms with Crippen molar-refractivity contribution in [2.45, 2.75) is 13.0 Å². The Kier molecular flexibility index (Phi) is 4.19. The van der Waals surface area contributed by atoms with Crippen LogP contribution in [0.3, 0.4) is 0 Å². The molecule has 0 spiro atoms. The van der Waals surface area contributed by atoms with E-state index in [1.807, 2.05) is 24.3 Å². The monoisotopic (exact) mass is 362 g/mol. The fraction of sp³-hybridized carbons (Fsp3) is 0.150. The average Bonchev–Trinajstić information content (AvgIpc) is 3.11. The molecule has 26 heavy (non-hydrogen) atoms. The first-order valence-electron chi connectivity index (χ1n) is 8.27. The lowest BCUT2D eigenvalue weighted by atomic mass is 10.00. The lowest BCUT2D eigenvalue weighted by molar-refractivity contribution is 0.0734. The predicted octanol–water partition coefficient (Wildman–Crippen LogP) is 3.80. The van der Waals surface area contributed by atoms with Gasteiger partial charge in [-0.3, -0.25) is 9.89 Å². The Bertz CT molecular complexity index is 1020. The molecule has 5 nitrogen and oxygen atoms in total. The Morgan fingerprint density at radius 2 is 2.04 bits per heavy atom. The van der Waals surface area contributed by atoms with Crippen molar-refractivity contribution in [3.63, 3.8) is 0 Å². The number of aromatic nitrogens is 2. The highest BCUT2D eigenvalue weighted by atomic mass is 35.5. The van der Waals surface area contributed by atoms with Gasteiger partial charge in [-0.1, -0.05) is 29.8 Å². The highest BCUT2D eigenvalue weighted by Crippen LogP contribution is 2.29. The third kappa shape index (κ3) is 2.96. The van der Waals surface area contributed by atoms with Gasteiger partial charge in [-0.2, -0.15) is 10.4 Å². The number of fused-ring (bicyclic) bond motifs is 1. The van der Waals surface area contributed by atoms with Crippen molar-refractivity contribution in [2.24, 2.45) is 0 Å². The summed E-state index contributed by atoms with van der Waals surface area (Å²) in [6.07, 6.45) is 0.722. The van der Waals surface area contributed by atoms with Crippen molar-refractivity contribution in [3.8, 4) is 17.3 Å². The molecule has 2 aromatic carbocycles. The van der Waals surface area contributed by atoms with Crippen LogP contribution < -0.4 is 0 Å². The largest absolute Gasteiger partial charge is 0.334 e. The number of halogens is 1. The lowest BCUT2D eigenvalue weighted by Gasteiger charge is -2.27. The van der Waals surface area contributed by atoms with Crippen LogP contribution in [0.5, 0.6) is 0 Å². The molecule has 0 unspecified atom stereocenters. The fourth-order valence-corrected chi connectivity index (χ4v) is 3.35. The number of H-pyrrole nitrogens is 1. The van der Waals surface area contributed by atoms with E-state index in [1.54, 1.807) is 29.2 Å². The van der Waals surface area contributed by atoms with Crippen LogP contribution in [-0.2, 0) is 13.0 Å². The first kappa shape index (κ1) is 16.4. The van der Waals surface area contributed by atoms with E-state index < -0.39 is 0 Å². The van der Waals surface area contributed by atoms with E-state index in [0.29, 0.717) is 29.2 Å². The molecule has 0 radical (unpaired) electrons. The summed E-state index contributed by atoms with van der Waals surface area (Å²) in [4.78, 5) is 14.7. The van der Waals surface area contributed by atoms with Gasteiger partial charge in [0.05, 0.1) is 17.3 Å². The Hall–Kier alpha value is -3.10. The SMILES string of the molecule is N#Cc1cccc(C(=O)N2CCc3[nH]nc(-c4ccc(Cl)cc4)c3C2)c1. The molecule has 128 valence electrons. The summed E-state index contributed by atoms with van der Waals surface area (Å²) in [5.41, 5.74) is 4.92. The molecule has 0 aliphatic carbocycles. The third-order valence-corrected chi connectivity index (χ3v) is 4.83. The van der Waals surface area contributed by atoms with Gasteiger partial charge in [-0.15, -0.1) is 0 Å². The molecule has 3 aromatic rings. The standard InChI is InChI=1S/C20H15ClN4O/c21-16-6-4-14(5-7-16)19-17-12-25(9-8-18(17)23-24-19)20(26)15-3-1-2-13(10-15)11-22/h1-7,10H,8-9,12H2,(H,23,24). The molecule has 1 aliphatic heterocycles. The van der Waals surface area contributed by atoms with Gasteiger partial charge in [0, 0.05) is 46.9 Å². The van der Waals surface area contributed by atoms with Crippen molar-refractivity contribution in [3.05, 3.63) is 75.9 Å². The average molecular weight is 363 g/mol. The van der Waals surface area contributed by atoms with Crippen molar-refractivity contribution in [1.29, 1.82) is 5.26 Å². The number of nitrogens with zero attached hydrogens (tertiary/aromatic N) is 3. The number of rotatable bonds is 2. The maximum atomic E-state index is 12.9. The maximum Gasteiger partial charge on any atom is 0.254 e. The molecule has 0 atom stereocenters. The second-order valence-electron chi connectivity index (χ2n) is 6.21. The van der Waals surface area contributed by atoms with E-state index in [0.717, 1.165) is 28.9 Å². The first-order valence-corrected chi connectivity index (χ1v) is 8.65. The number of benzene rings is 2. The van der Waals surface area contributed by atoms with Gasteiger partial charge >= 0.3 is 0 Å². The van der Waals surface area contributed by atoms with E-state index in [2.05, 4.69) is 16.3 Å². The van der Waals surface area contributed by atoms with Crippen LogP contribution in [-0.4, -0.2) is 27.5 Å². The number of amides is 1. The summed E-state index contributed by atoms with van der Waals surface area (Å²) in [5.74, 6) is -0.0731. The van der Waals surface area contributed by atoms with Crippen LogP contribution in [0.2, 0.25) is 5.02 Å². The number of aromatic amines is 1. The van der Waals surface area contributed by atoms with E-state index >= 15 is 0 Å².